The van der Waals surface area contributed by atoms with Gasteiger partial charge in [0.25, 0.3) is 10.0 Å². The van der Waals surface area contributed by atoms with Crippen molar-refractivity contribution in [1.82, 2.24) is 9.87 Å². The average molecular weight is 527 g/mol. The van der Waals surface area contributed by atoms with E-state index in [0.29, 0.717) is 11.4 Å². The lowest BCUT2D eigenvalue weighted by Crippen LogP contribution is -2.33. The van der Waals surface area contributed by atoms with Crippen LogP contribution in [0.5, 0.6) is 0 Å². The molecule has 0 bridgehead atoms. The largest absolute Gasteiger partial charge is 0.289 e. The summed E-state index contributed by atoms with van der Waals surface area (Å²) in [6.45, 7) is 2.26. The van der Waals surface area contributed by atoms with E-state index in [2.05, 4.69) is 16.8 Å². The van der Waals surface area contributed by atoms with Gasteiger partial charge in [0.1, 0.15) is 5.44 Å². The Kier molecular flexibility index (Phi) is 12.7. The summed E-state index contributed by atoms with van der Waals surface area (Å²) in [6.07, 6.45) is 19.1. The Morgan fingerprint density at radius 3 is 2.32 bits per heavy atom. The first-order valence-corrected chi connectivity index (χ1v) is 16.6. The number of rotatable bonds is 17. The first-order chi connectivity index (χ1) is 16.6. The number of fused-ring (bicyclic) bond motifs is 1. The van der Waals surface area contributed by atoms with Crippen molar-refractivity contribution in [3.8, 4) is 0 Å². The number of hydrogen-bond donors (Lipinski definition) is 1. The first kappa shape index (κ1) is 27.9. The highest BCUT2D eigenvalue weighted by Crippen LogP contribution is 2.34. The summed E-state index contributed by atoms with van der Waals surface area (Å²) in [5.41, 5.74) is 0.565. The van der Waals surface area contributed by atoms with Gasteiger partial charge in [0.2, 0.25) is 4.34 Å². The zero-order chi connectivity index (χ0) is 24.1. The van der Waals surface area contributed by atoms with Crippen molar-refractivity contribution in [1.29, 1.82) is 0 Å². The normalized spacial score (nSPS) is 16.3. The number of nitrogens with zero attached hydrogens (tertiary/aromatic N) is 1. The maximum atomic E-state index is 12.9. The fourth-order valence-electron chi connectivity index (χ4n) is 4.57. The minimum atomic E-state index is -3.79. The number of thioether (sulfide) groups is 1. The summed E-state index contributed by atoms with van der Waals surface area (Å²) in [7, 11) is -3.79. The van der Waals surface area contributed by atoms with Crippen LogP contribution in [0.3, 0.4) is 0 Å². The highest BCUT2D eigenvalue weighted by atomic mass is 32.2. The Morgan fingerprint density at radius 2 is 1.65 bits per heavy atom. The van der Waals surface area contributed by atoms with Gasteiger partial charge in [-0.3, -0.25) is 4.84 Å². The average Bonchev–Trinajstić information content (AvgIpc) is 3.30. The van der Waals surface area contributed by atoms with Crippen molar-refractivity contribution in [2.24, 2.45) is 5.92 Å². The van der Waals surface area contributed by atoms with E-state index in [1.807, 2.05) is 24.3 Å². The highest BCUT2D eigenvalue weighted by Gasteiger charge is 2.28. The number of aromatic nitrogens is 1. The monoisotopic (exact) mass is 526 g/mol. The molecule has 1 aromatic carbocycles. The summed E-state index contributed by atoms with van der Waals surface area (Å²) < 4.78 is 26.6. The third kappa shape index (κ3) is 9.41. The number of nitrogens with one attached hydrogen (secondary N) is 1. The van der Waals surface area contributed by atoms with Gasteiger partial charge in [0.05, 0.1) is 10.2 Å². The predicted octanol–water partition coefficient (Wildman–Crippen LogP) is 8.07. The zero-order valence-electron chi connectivity index (χ0n) is 20.7. The molecular weight excluding hydrogens is 484 g/mol. The SMILES string of the molecule is CCCCCCCCCCCCSC(ONS(=O)(=O)c1nc2ccccc2s1)C1CCCCC1. The van der Waals surface area contributed by atoms with Crippen LogP contribution in [0.1, 0.15) is 103 Å². The summed E-state index contributed by atoms with van der Waals surface area (Å²) in [5.74, 6) is 1.42. The number of thiazole rings is 1. The fraction of sp³-hybridized carbons (Fsp3) is 0.731. The molecular formula is C26H42N2O3S3. The van der Waals surface area contributed by atoms with E-state index < -0.39 is 10.0 Å². The maximum Gasteiger partial charge on any atom is 0.289 e. The molecule has 1 aliphatic rings. The van der Waals surface area contributed by atoms with E-state index in [0.717, 1.165) is 29.7 Å². The molecule has 5 nitrogen and oxygen atoms in total. The van der Waals surface area contributed by atoms with E-state index in [9.17, 15) is 8.42 Å². The van der Waals surface area contributed by atoms with Crippen molar-refractivity contribution in [3.05, 3.63) is 24.3 Å². The molecule has 1 fully saturated rings. The number of sulfonamides is 1. The van der Waals surface area contributed by atoms with Crippen LogP contribution in [0, 0.1) is 5.92 Å². The minimum Gasteiger partial charge on any atom is -0.272 e. The number of hydrogen-bond acceptors (Lipinski definition) is 6. The van der Waals surface area contributed by atoms with Crippen molar-refractivity contribution in [2.45, 2.75) is 113 Å². The zero-order valence-corrected chi connectivity index (χ0v) is 23.1. The van der Waals surface area contributed by atoms with Crippen molar-refractivity contribution in [3.63, 3.8) is 0 Å². The van der Waals surface area contributed by atoms with Crippen LogP contribution in [0.25, 0.3) is 10.2 Å². The Balaban J connectivity index is 1.41. The standard InChI is InChI=1S/C26H42N2O3S3/c1-2-3-4-5-6-7-8-9-10-16-21-32-25(22-17-12-11-13-18-22)31-28-34(29,30)26-27-23-19-14-15-20-24(23)33-26/h14-15,19-20,22,25,28H,2-13,16-18,21H2,1H3. The second kappa shape index (κ2) is 15.4. The molecule has 0 radical (unpaired) electrons. The van der Waals surface area contributed by atoms with Gasteiger partial charge in [-0.15, -0.1) is 23.1 Å². The molecule has 1 saturated carbocycles. The van der Waals surface area contributed by atoms with Crippen LogP contribution < -0.4 is 4.89 Å². The molecule has 1 unspecified atom stereocenters. The smallest absolute Gasteiger partial charge is 0.272 e. The van der Waals surface area contributed by atoms with E-state index in [1.54, 1.807) is 11.8 Å². The number of benzene rings is 1. The molecule has 1 atom stereocenters. The lowest BCUT2D eigenvalue weighted by Gasteiger charge is -2.29. The molecule has 1 N–H and O–H groups in total. The lowest BCUT2D eigenvalue weighted by molar-refractivity contribution is 0.0273. The molecule has 1 aliphatic carbocycles. The van der Waals surface area contributed by atoms with Gasteiger partial charge in [0.15, 0.2) is 0 Å². The number of unbranched alkanes of at least 4 members (excludes halogenated alkanes) is 9. The molecule has 2 aromatic rings. The molecule has 0 amide bonds. The van der Waals surface area contributed by atoms with Gasteiger partial charge in [0, 0.05) is 0 Å². The van der Waals surface area contributed by atoms with Crippen LogP contribution in [0.4, 0.5) is 0 Å². The van der Waals surface area contributed by atoms with Gasteiger partial charge < -0.3 is 0 Å². The van der Waals surface area contributed by atoms with E-state index in [4.69, 9.17) is 4.84 Å². The molecule has 0 spiro atoms. The Morgan fingerprint density at radius 1 is 1.00 bits per heavy atom. The molecule has 192 valence electrons. The van der Waals surface area contributed by atoms with E-state index in [1.165, 1.54) is 88.4 Å². The highest BCUT2D eigenvalue weighted by molar-refractivity contribution is 7.99. The molecule has 0 aliphatic heterocycles. The Bertz CT molecular complexity index is 893. The first-order valence-electron chi connectivity index (χ1n) is 13.2. The fourth-order valence-corrected chi connectivity index (χ4v) is 7.93. The van der Waals surface area contributed by atoms with Crippen molar-refractivity contribution in [2.75, 3.05) is 5.75 Å². The maximum absolute atomic E-state index is 12.9. The molecule has 8 heteroatoms. The van der Waals surface area contributed by atoms with Crippen LogP contribution >= 0.6 is 23.1 Å². The van der Waals surface area contributed by atoms with Gasteiger partial charge in [-0.25, -0.2) is 13.4 Å². The summed E-state index contributed by atoms with van der Waals surface area (Å²) in [4.78, 5) is 12.6. The summed E-state index contributed by atoms with van der Waals surface area (Å²) >= 11 is 2.96. The molecule has 0 saturated heterocycles. The van der Waals surface area contributed by atoms with Crippen LogP contribution in [-0.2, 0) is 14.9 Å². The van der Waals surface area contributed by atoms with Crippen LogP contribution in [0.15, 0.2) is 28.6 Å². The lowest BCUT2D eigenvalue weighted by atomic mass is 9.90. The topological polar surface area (TPSA) is 68.3 Å². The van der Waals surface area contributed by atoms with Gasteiger partial charge >= 0.3 is 0 Å². The summed E-state index contributed by atoms with van der Waals surface area (Å²) in [5, 5.41) is 0. The van der Waals surface area contributed by atoms with Crippen LogP contribution in [-0.4, -0.2) is 24.6 Å². The van der Waals surface area contributed by atoms with Gasteiger partial charge in [-0.1, -0.05) is 101 Å². The summed E-state index contributed by atoms with van der Waals surface area (Å²) in [6, 6.07) is 7.48. The predicted molar refractivity (Wildman–Crippen MR) is 146 cm³/mol. The van der Waals surface area contributed by atoms with Crippen LogP contribution in [0.2, 0.25) is 0 Å². The second-order valence-corrected chi connectivity index (χ2v) is 13.5. The third-order valence-corrected chi connectivity index (χ3v) is 10.5. The van der Waals surface area contributed by atoms with Crippen molar-refractivity contribution < 1.29 is 13.3 Å². The quantitative estimate of drug-likeness (QED) is 0.128. The second-order valence-electron chi connectivity index (χ2n) is 9.47. The molecule has 1 heterocycles. The molecule has 3 rings (SSSR count). The van der Waals surface area contributed by atoms with Crippen molar-refractivity contribution >= 4 is 43.3 Å². The van der Waals surface area contributed by atoms with Gasteiger partial charge in [-0.2, -0.15) is 0 Å². The number of para-hydroxylation sites is 1. The Labute approximate surface area is 214 Å². The third-order valence-electron chi connectivity index (χ3n) is 6.59. The van der Waals surface area contributed by atoms with E-state index >= 15 is 0 Å². The molecule has 1 aromatic heterocycles. The molecule has 34 heavy (non-hydrogen) atoms. The minimum absolute atomic E-state index is 0.0655. The van der Waals surface area contributed by atoms with E-state index in [-0.39, 0.29) is 9.78 Å². The van der Waals surface area contributed by atoms with Gasteiger partial charge in [-0.05, 0) is 43.1 Å². The Hall–Kier alpha value is -0.670.